The maximum atomic E-state index is 12.4. The summed E-state index contributed by atoms with van der Waals surface area (Å²) < 4.78 is 0. The molecule has 1 amide bonds. The van der Waals surface area contributed by atoms with Crippen LogP contribution in [0.5, 0.6) is 0 Å². The second kappa shape index (κ2) is 8.35. The van der Waals surface area contributed by atoms with Crippen LogP contribution in [-0.2, 0) is 0 Å². The number of nitrogens with zero attached hydrogens (tertiary/aromatic N) is 2. The summed E-state index contributed by atoms with van der Waals surface area (Å²) >= 11 is 0. The summed E-state index contributed by atoms with van der Waals surface area (Å²) in [5.74, 6) is -0.333. The molecule has 2 N–H and O–H groups in total. The lowest BCUT2D eigenvalue weighted by atomic mass is 10.0. The minimum absolute atomic E-state index is 0.333. The molecule has 4 aromatic rings. The maximum Gasteiger partial charge on any atom is 0.289 e. The number of hydrogen-bond acceptors (Lipinski definition) is 3. The molecule has 0 bridgehead atoms. The largest absolute Gasteiger partial charge is 0.289 e. The summed E-state index contributed by atoms with van der Waals surface area (Å²) in [6.07, 6.45) is 0. The van der Waals surface area contributed by atoms with Gasteiger partial charge < -0.3 is 0 Å². The summed E-state index contributed by atoms with van der Waals surface area (Å²) in [6, 6.07) is 29.7. The maximum absolute atomic E-state index is 12.4. The highest BCUT2D eigenvalue weighted by Gasteiger charge is 2.10. The van der Waals surface area contributed by atoms with Gasteiger partial charge in [-0.25, -0.2) is 5.43 Å². The van der Waals surface area contributed by atoms with Crippen molar-refractivity contribution in [2.75, 3.05) is 0 Å². The van der Waals surface area contributed by atoms with Crippen LogP contribution in [0.25, 0.3) is 22.4 Å². The topological polar surface area (TPSA) is 70.1 Å². The lowest BCUT2D eigenvalue weighted by molar-refractivity contribution is 0.0950. The van der Waals surface area contributed by atoms with Crippen molar-refractivity contribution in [1.29, 1.82) is 0 Å². The zero-order valence-corrected chi connectivity index (χ0v) is 16.0. The normalized spacial score (nSPS) is 11.3. The molecular formula is C24H20N4O. The van der Waals surface area contributed by atoms with Crippen molar-refractivity contribution in [2.45, 2.75) is 6.92 Å². The van der Waals surface area contributed by atoms with Crippen molar-refractivity contribution in [3.05, 3.63) is 102 Å². The molecule has 0 saturated heterocycles. The Kier molecular flexibility index (Phi) is 5.29. The fourth-order valence-electron chi connectivity index (χ4n) is 2.99. The van der Waals surface area contributed by atoms with Crippen LogP contribution in [0, 0.1) is 0 Å². The Hall–Kier alpha value is -3.99. The van der Waals surface area contributed by atoms with Crippen LogP contribution < -0.4 is 5.43 Å². The third kappa shape index (κ3) is 4.30. The van der Waals surface area contributed by atoms with E-state index in [-0.39, 0.29) is 5.91 Å². The highest BCUT2D eigenvalue weighted by molar-refractivity contribution is 6.01. The predicted octanol–water partition coefficient (Wildman–Crippen LogP) is 4.90. The van der Waals surface area contributed by atoms with E-state index in [1.54, 1.807) is 6.07 Å². The number of hydrogen-bond donors (Lipinski definition) is 2. The van der Waals surface area contributed by atoms with E-state index in [0.29, 0.717) is 11.4 Å². The number of amides is 1. The van der Waals surface area contributed by atoms with E-state index in [1.165, 1.54) is 0 Å². The first-order chi connectivity index (χ1) is 14.2. The molecule has 1 heterocycles. The Bertz CT molecular complexity index is 1130. The monoisotopic (exact) mass is 380 g/mol. The molecule has 0 spiro atoms. The van der Waals surface area contributed by atoms with Crippen LogP contribution in [0.4, 0.5) is 0 Å². The Labute approximate surface area is 169 Å². The molecule has 0 aliphatic carbocycles. The van der Waals surface area contributed by atoms with Crippen LogP contribution in [-0.4, -0.2) is 21.8 Å². The SMILES string of the molecule is C/C(=N\NC(=O)c1cc(-c2ccccc2)n[nH]1)c1ccc(-c2ccccc2)cc1. The highest BCUT2D eigenvalue weighted by Crippen LogP contribution is 2.19. The van der Waals surface area contributed by atoms with Crippen LogP contribution in [0.15, 0.2) is 96.1 Å². The van der Waals surface area contributed by atoms with E-state index in [9.17, 15) is 4.79 Å². The number of rotatable bonds is 5. The first-order valence-corrected chi connectivity index (χ1v) is 9.32. The van der Waals surface area contributed by atoms with Gasteiger partial charge in [0, 0.05) is 5.56 Å². The van der Waals surface area contributed by atoms with E-state index in [4.69, 9.17) is 0 Å². The van der Waals surface area contributed by atoms with Crippen LogP contribution in [0.3, 0.4) is 0 Å². The quantitative estimate of drug-likeness (QED) is 0.382. The third-order valence-corrected chi connectivity index (χ3v) is 4.63. The predicted molar refractivity (Wildman–Crippen MR) is 116 cm³/mol. The smallest absolute Gasteiger partial charge is 0.272 e. The van der Waals surface area contributed by atoms with Crippen molar-refractivity contribution in [3.8, 4) is 22.4 Å². The van der Waals surface area contributed by atoms with Gasteiger partial charge in [0.15, 0.2) is 0 Å². The highest BCUT2D eigenvalue weighted by atomic mass is 16.2. The fraction of sp³-hybridized carbons (Fsp3) is 0.0417. The molecule has 4 rings (SSSR count). The van der Waals surface area contributed by atoms with Gasteiger partial charge >= 0.3 is 0 Å². The standard InChI is InChI=1S/C24H20N4O/c1-17(18-12-14-20(15-13-18)19-8-4-2-5-9-19)25-28-24(29)23-16-22(26-27-23)21-10-6-3-7-11-21/h2-16H,1H3,(H,26,27)(H,28,29)/b25-17+. The molecule has 0 unspecified atom stereocenters. The Morgan fingerprint density at radius 3 is 2.07 bits per heavy atom. The molecule has 0 atom stereocenters. The molecule has 0 radical (unpaired) electrons. The molecular weight excluding hydrogens is 360 g/mol. The number of carbonyl (C=O) groups is 1. The van der Waals surface area contributed by atoms with Crippen LogP contribution in [0.2, 0.25) is 0 Å². The number of H-pyrrole nitrogens is 1. The summed E-state index contributed by atoms with van der Waals surface area (Å²) in [5.41, 5.74) is 8.57. The second-order valence-corrected chi connectivity index (χ2v) is 6.61. The summed E-state index contributed by atoms with van der Waals surface area (Å²) in [7, 11) is 0. The van der Waals surface area contributed by atoms with Gasteiger partial charge in [-0.3, -0.25) is 9.89 Å². The van der Waals surface area contributed by atoms with E-state index >= 15 is 0 Å². The van der Waals surface area contributed by atoms with E-state index in [2.05, 4.69) is 32.9 Å². The zero-order chi connectivity index (χ0) is 20.1. The van der Waals surface area contributed by atoms with Crippen molar-refractivity contribution in [2.24, 2.45) is 5.10 Å². The first kappa shape index (κ1) is 18.4. The Balaban J connectivity index is 1.43. The lowest BCUT2D eigenvalue weighted by Gasteiger charge is -2.05. The molecule has 1 aromatic heterocycles. The van der Waals surface area contributed by atoms with Crippen LogP contribution >= 0.6 is 0 Å². The average molecular weight is 380 g/mol. The van der Waals surface area contributed by atoms with Gasteiger partial charge in [0.25, 0.3) is 5.91 Å². The van der Waals surface area contributed by atoms with Gasteiger partial charge in [-0.15, -0.1) is 0 Å². The third-order valence-electron chi connectivity index (χ3n) is 4.63. The molecule has 142 valence electrons. The van der Waals surface area contributed by atoms with Gasteiger partial charge in [0.2, 0.25) is 0 Å². The molecule has 3 aromatic carbocycles. The molecule has 0 aliphatic rings. The molecule has 0 saturated carbocycles. The van der Waals surface area contributed by atoms with Crippen molar-refractivity contribution < 1.29 is 4.79 Å². The first-order valence-electron chi connectivity index (χ1n) is 9.32. The molecule has 0 fully saturated rings. The number of hydrazone groups is 1. The van der Waals surface area contributed by atoms with Crippen molar-refractivity contribution in [1.82, 2.24) is 15.6 Å². The number of benzene rings is 3. The van der Waals surface area contributed by atoms with E-state index in [0.717, 1.165) is 28.0 Å². The second-order valence-electron chi connectivity index (χ2n) is 6.61. The number of aromatic amines is 1. The van der Waals surface area contributed by atoms with Gasteiger partial charge in [0.1, 0.15) is 5.69 Å². The van der Waals surface area contributed by atoms with E-state index in [1.807, 2.05) is 79.7 Å². The van der Waals surface area contributed by atoms with Gasteiger partial charge in [-0.05, 0) is 29.7 Å². The summed E-state index contributed by atoms with van der Waals surface area (Å²) in [4.78, 5) is 12.4. The molecule has 5 nitrogen and oxygen atoms in total. The average Bonchev–Trinajstić information content (AvgIpc) is 3.29. The number of carbonyl (C=O) groups excluding carboxylic acids is 1. The molecule has 5 heteroatoms. The Morgan fingerprint density at radius 2 is 1.41 bits per heavy atom. The van der Waals surface area contributed by atoms with Gasteiger partial charge in [-0.2, -0.15) is 10.2 Å². The Morgan fingerprint density at radius 1 is 0.828 bits per heavy atom. The summed E-state index contributed by atoms with van der Waals surface area (Å²) in [5, 5.41) is 11.2. The van der Waals surface area contributed by atoms with Crippen molar-refractivity contribution in [3.63, 3.8) is 0 Å². The molecule has 29 heavy (non-hydrogen) atoms. The number of nitrogens with one attached hydrogen (secondary N) is 2. The number of aromatic nitrogens is 2. The zero-order valence-electron chi connectivity index (χ0n) is 16.0. The van der Waals surface area contributed by atoms with Crippen molar-refractivity contribution >= 4 is 11.6 Å². The minimum Gasteiger partial charge on any atom is -0.272 e. The van der Waals surface area contributed by atoms with E-state index < -0.39 is 0 Å². The summed E-state index contributed by atoms with van der Waals surface area (Å²) in [6.45, 7) is 1.86. The fourth-order valence-corrected chi connectivity index (χ4v) is 2.99. The lowest BCUT2D eigenvalue weighted by Crippen LogP contribution is -2.19. The van der Waals surface area contributed by atoms with Gasteiger partial charge in [0.05, 0.1) is 11.4 Å². The van der Waals surface area contributed by atoms with Gasteiger partial charge in [-0.1, -0.05) is 84.9 Å². The molecule has 0 aliphatic heterocycles. The van der Waals surface area contributed by atoms with Crippen LogP contribution in [0.1, 0.15) is 23.0 Å². The minimum atomic E-state index is -0.333.